The normalized spacial score (nSPS) is 19.0. The van der Waals surface area contributed by atoms with E-state index in [1.807, 2.05) is 29.2 Å². The van der Waals surface area contributed by atoms with Crippen LogP contribution in [-0.2, 0) is 4.74 Å². The maximum Gasteiger partial charge on any atom is 0.0992 e. The molecule has 0 radical (unpaired) electrons. The average molecular weight is 243 g/mol. The largest absolute Gasteiger partial charge is 0.383 e. The first-order valence-electron chi connectivity index (χ1n) is 6.32. The third kappa shape index (κ3) is 2.38. The molecule has 0 aliphatic carbocycles. The minimum absolute atomic E-state index is 0.626. The van der Waals surface area contributed by atoms with Crippen LogP contribution >= 0.6 is 0 Å². The van der Waals surface area contributed by atoms with Gasteiger partial charge in [0.1, 0.15) is 0 Å². The second-order valence-corrected chi connectivity index (χ2v) is 4.60. The predicted molar refractivity (Wildman–Crippen MR) is 71.0 cm³/mol. The molecule has 0 amide bonds. The summed E-state index contributed by atoms with van der Waals surface area (Å²) in [7, 11) is 0. The Labute approximate surface area is 107 Å². The van der Waals surface area contributed by atoms with Crippen molar-refractivity contribution >= 4 is 5.69 Å². The van der Waals surface area contributed by atoms with Gasteiger partial charge in [0.25, 0.3) is 0 Å². The van der Waals surface area contributed by atoms with Crippen LogP contribution in [0.15, 0.2) is 43.0 Å². The van der Waals surface area contributed by atoms with Gasteiger partial charge in [-0.2, -0.15) is 0 Å². The quantitative estimate of drug-likeness (QED) is 0.895. The first-order valence-corrected chi connectivity index (χ1v) is 6.32. The lowest BCUT2D eigenvalue weighted by molar-refractivity contribution is 0.187. The van der Waals surface area contributed by atoms with Crippen LogP contribution in [-0.4, -0.2) is 29.3 Å². The summed E-state index contributed by atoms with van der Waals surface area (Å²) in [4.78, 5) is 4.09. The molecule has 0 spiro atoms. The molecule has 1 fully saturated rings. The van der Waals surface area contributed by atoms with Gasteiger partial charge in [0.15, 0.2) is 0 Å². The first-order chi connectivity index (χ1) is 8.93. The minimum Gasteiger partial charge on any atom is -0.383 e. The van der Waals surface area contributed by atoms with E-state index in [-0.39, 0.29) is 0 Å². The van der Waals surface area contributed by atoms with Gasteiger partial charge in [0.05, 0.1) is 24.3 Å². The number of benzene rings is 1. The van der Waals surface area contributed by atoms with Crippen molar-refractivity contribution in [3.8, 4) is 5.69 Å². The molecule has 4 nitrogen and oxygen atoms in total. The van der Waals surface area contributed by atoms with Gasteiger partial charge < -0.3 is 14.6 Å². The van der Waals surface area contributed by atoms with Crippen molar-refractivity contribution in [1.82, 2.24) is 9.55 Å². The molecule has 94 valence electrons. The number of ether oxygens (including phenoxy) is 1. The van der Waals surface area contributed by atoms with Crippen molar-refractivity contribution in [2.75, 3.05) is 25.1 Å². The number of imidazole rings is 1. The molecule has 1 aromatic carbocycles. The van der Waals surface area contributed by atoms with Crippen LogP contribution in [0.5, 0.6) is 0 Å². The molecule has 18 heavy (non-hydrogen) atoms. The Morgan fingerprint density at radius 1 is 1.39 bits per heavy atom. The summed E-state index contributed by atoms with van der Waals surface area (Å²) in [6.45, 7) is 2.74. The highest BCUT2D eigenvalue weighted by Gasteiger charge is 2.15. The van der Waals surface area contributed by atoms with Gasteiger partial charge in [0, 0.05) is 31.5 Å². The number of para-hydroxylation sites is 2. The fraction of sp³-hybridized carbons (Fsp3) is 0.357. The molecule has 1 aliphatic rings. The van der Waals surface area contributed by atoms with Gasteiger partial charge in [-0.25, -0.2) is 4.98 Å². The third-order valence-corrected chi connectivity index (χ3v) is 3.29. The van der Waals surface area contributed by atoms with Crippen molar-refractivity contribution in [3.05, 3.63) is 43.0 Å². The van der Waals surface area contributed by atoms with Gasteiger partial charge >= 0.3 is 0 Å². The van der Waals surface area contributed by atoms with E-state index in [0.717, 1.165) is 37.6 Å². The summed E-state index contributed by atoms with van der Waals surface area (Å²) in [5, 5.41) is 3.51. The maximum absolute atomic E-state index is 5.39. The molecule has 2 heterocycles. The molecule has 0 bridgehead atoms. The van der Waals surface area contributed by atoms with E-state index < -0.39 is 0 Å². The lowest BCUT2D eigenvalue weighted by atomic mass is 10.1. The van der Waals surface area contributed by atoms with Gasteiger partial charge in [-0.3, -0.25) is 0 Å². The maximum atomic E-state index is 5.39. The molecule has 2 aromatic rings. The molecular formula is C14H17N3O. The number of rotatable bonds is 4. The number of hydrogen-bond acceptors (Lipinski definition) is 3. The average Bonchev–Trinajstić information content (AvgIpc) is 3.10. The Bertz CT molecular complexity index is 490. The first kappa shape index (κ1) is 11.3. The van der Waals surface area contributed by atoms with Crippen molar-refractivity contribution in [2.24, 2.45) is 5.92 Å². The summed E-state index contributed by atoms with van der Waals surface area (Å²) in [5.74, 6) is 0.626. The molecule has 1 aromatic heterocycles. The van der Waals surface area contributed by atoms with Gasteiger partial charge in [-0.1, -0.05) is 12.1 Å². The SMILES string of the molecule is c1ccc(-n2ccnc2)c(NCC2CCOC2)c1. The molecule has 4 heteroatoms. The topological polar surface area (TPSA) is 39.1 Å². The summed E-state index contributed by atoms with van der Waals surface area (Å²) in [6, 6.07) is 8.29. The van der Waals surface area contributed by atoms with Crippen molar-refractivity contribution in [1.29, 1.82) is 0 Å². The van der Waals surface area contributed by atoms with E-state index in [4.69, 9.17) is 4.74 Å². The fourth-order valence-electron chi connectivity index (χ4n) is 2.25. The number of anilines is 1. The summed E-state index contributed by atoms with van der Waals surface area (Å²) >= 11 is 0. The monoisotopic (exact) mass is 243 g/mol. The zero-order valence-corrected chi connectivity index (χ0v) is 10.2. The molecule has 3 rings (SSSR count). The minimum atomic E-state index is 0.626. The third-order valence-electron chi connectivity index (χ3n) is 3.29. The highest BCUT2D eigenvalue weighted by molar-refractivity contribution is 5.60. The second kappa shape index (κ2) is 5.23. The second-order valence-electron chi connectivity index (χ2n) is 4.60. The summed E-state index contributed by atoms with van der Waals surface area (Å²) < 4.78 is 7.41. The van der Waals surface area contributed by atoms with Crippen LogP contribution in [0.1, 0.15) is 6.42 Å². The molecular weight excluding hydrogens is 226 g/mol. The van der Waals surface area contributed by atoms with E-state index in [1.165, 1.54) is 0 Å². The van der Waals surface area contributed by atoms with Crippen LogP contribution in [0.4, 0.5) is 5.69 Å². The van der Waals surface area contributed by atoms with Gasteiger partial charge in [-0.15, -0.1) is 0 Å². The van der Waals surface area contributed by atoms with E-state index in [9.17, 15) is 0 Å². The molecule has 1 N–H and O–H groups in total. The van der Waals surface area contributed by atoms with E-state index in [1.54, 1.807) is 6.20 Å². The summed E-state index contributed by atoms with van der Waals surface area (Å²) in [5.41, 5.74) is 2.27. The van der Waals surface area contributed by atoms with E-state index >= 15 is 0 Å². The molecule has 1 aliphatic heterocycles. The molecule has 1 saturated heterocycles. The highest BCUT2D eigenvalue weighted by atomic mass is 16.5. The van der Waals surface area contributed by atoms with Crippen LogP contribution < -0.4 is 5.32 Å². The molecule has 1 unspecified atom stereocenters. The Morgan fingerprint density at radius 2 is 2.33 bits per heavy atom. The molecule has 0 saturated carbocycles. The van der Waals surface area contributed by atoms with E-state index in [2.05, 4.69) is 22.4 Å². The zero-order valence-electron chi connectivity index (χ0n) is 10.2. The van der Waals surface area contributed by atoms with Crippen LogP contribution in [0, 0.1) is 5.92 Å². The standard InChI is InChI=1S/C14H17N3O/c1-2-4-14(17-7-6-15-11-17)13(3-1)16-9-12-5-8-18-10-12/h1-4,6-7,11-12,16H,5,8-10H2. The lowest BCUT2D eigenvalue weighted by Gasteiger charge is -2.14. The number of nitrogens with zero attached hydrogens (tertiary/aromatic N) is 2. The van der Waals surface area contributed by atoms with Crippen LogP contribution in [0.3, 0.4) is 0 Å². The van der Waals surface area contributed by atoms with Crippen LogP contribution in [0.2, 0.25) is 0 Å². The molecule has 1 atom stereocenters. The van der Waals surface area contributed by atoms with E-state index in [0.29, 0.717) is 5.92 Å². The smallest absolute Gasteiger partial charge is 0.0992 e. The number of hydrogen-bond donors (Lipinski definition) is 1. The number of nitrogens with one attached hydrogen (secondary N) is 1. The Kier molecular flexibility index (Phi) is 3.28. The summed E-state index contributed by atoms with van der Waals surface area (Å²) in [6.07, 6.45) is 6.72. The van der Waals surface area contributed by atoms with Gasteiger partial charge in [-0.05, 0) is 18.6 Å². The Balaban J connectivity index is 1.75. The lowest BCUT2D eigenvalue weighted by Crippen LogP contribution is -2.15. The van der Waals surface area contributed by atoms with Crippen molar-refractivity contribution < 1.29 is 4.74 Å². The van der Waals surface area contributed by atoms with Crippen LogP contribution in [0.25, 0.3) is 5.69 Å². The predicted octanol–water partition coefficient (Wildman–Crippen LogP) is 2.32. The fourth-order valence-corrected chi connectivity index (χ4v) is 2.25. The highest BCUT2D eigenvalue weighted by Crippen LogP contribution is 2.21. The Hall–Kier alpha value is -1.81. The number of aromatic nitrogens is 2. The van der Waals surface area contributed by atoms with Crippen molar-refractivity contribution in [2.45, 2.75) is 6.42 Å². The Morgan fingerprint density at radius 3 is 3.11 bits per heavy atom. The van der Waals surface area contributed by atoms with Crippen molar-refractivity contribution in [3.63, 3.8) is 0 Å². The zero-order chi connectivity index (χ0) is 12.2. The van der Waals surface area contributed by atoms with Gasteiger partial charge in [0.2, 0.25) is 0 Å².